The van der Waals surface area contributed by atoms with E-state index in [2.05, 4.69) is 57.1 Å². The minimum atomic E-state index is 0.0998. The van der Waals surface area contributed by atoms with Gasteiger partial charge in [-0.05, 0) is 44.9 Å². The Labute approximate surface area is 202 Å². The maximum atomic E-state index is 13.0. The van der Waals surface area contributed by atoms with Crippen molar-refractivity contribution in [2.45, 2.75) is 52.1 Å². The Kier molecular flexibility index (Phi) is 6.32. The van der Waals surface area contributed by atoms with Crippen LogP contribution in [0, 0.1) is 0 Å². The van der Waals surface area contributed by atoms with Crippen molar-refractivity contribution in [1.82, 2.24) is 30.3 Å². The van der Waals surface area contributed by atoms with Crippen molar-refractivity contribution in [2.24, 2.45) is 0 Å². The summed E-state index contributed by atoms with van der Waals surface area (Å²) in [5.41, 5.74) is 1.48. The maximum Gasteiger partial charge on any atom is 0.223 e. The number of hydrogen-bond acceptors (Lipinski definition) is 8. The summed E-state index contributed by atoms with van der Waals surface area (Å²) in [5, 5.41) is 11.9. The first kappa shape index (κ1) is 22.5. The fourth-order valence-corrected chi connectivity index (χ4v) is 5.50. The largest absolute Gasteiger partial charge is 0.491 e. The molecule has 0 radical (unpaired) electrons. The van der Waals surface area contributed by atoms with Crippen molar-refractivity contribution in [1.29, 1.82) is 0 Å². The number of aromatic amines is 1. The molecule has 1 fully saturated rings. The highest BCUT2D eigenvalue weighted by molar-refractivity contribution is 7.18. The molecule has 4 aromatic rings. The summed E-state index contributed by atoms with van der Waals surface area (Å²) >= 11 is 1.73. The molecular formula is C24H29N7O2S. The van der Waals surface area contributed by atoms with Gasteiger partial charge in [-0.1, -0.05) is 13.0 Å². The molecule has 178 valence electrons. The summed E-state index contributed by atoms with van der Waals surface area (Å²) in [4.78, 5) is 28.8. The molecule has 1 amide bonds. The number of benzene rings is 1. The van der Waals surface area contributed by atoms with Gasteiger partial charge in [-0.3, -0.25) is 4.79 Å². The number of H-pyrrole nitrogens is 1. The van der Waals surface area contributed by atoms with E-state index in [0.29, 0.717) is 37.3 Å². The summed E-state index contributed by atoms with van der Waals surface area (Å²) in [6, 6.07) is 8.12. The quantitative estimate of drug-likeness (QED) is 0.402. The number of ether oxygens (including phenoxy) is 1. The number of hydrogen-bond donors (Lipinski definition) is 1. The number of thiophene rings is 1. The highest BCUT2D eigenvalue weighted by Gasteiger charge is 2.33. The summed E-state index contributed by atoms with van der Waals surface area (Å²) in [6.07, 6.45) is 3.75. The van der Waals surface area contributed by atoms with E-state index in [-0.39, 0.29) is 18.0 Å². The molecule has 4 heterocycles. The molecule has 0 bridgehead atoms. The molecule has 0 unspecified atom stereocenters. The predicted octanol–water partition coefficient (Wildman–Crippen LogP) is 3.81. The Hall–Kier alpha value is -3.27. The van der Waals surface area contributed by atoms with E-state index in [1.165, 1.54) is 4.88 Å². The van der Waals surface area contributed by atoms with Gasteiger partial charge >= 0.3 is 0 Å². The normalized spacial score (nSPS) is 18.7. The second-order valence-corrected chi connectivity index (χ2v) is 9.89. The molecule has 1 aromatic carbocycles. The summed E-state index contributed by atoms with van der Waals surface area (Å²) in [6.45, 7) is 8.32. The molecule has 2 atom stereocenters. The molecule has 1 aliphatic heterocycles. The maximum absolute atomic E-state index is 13.0. The van der Waals surface area contributed by atoms with Crippen molar-refractivity contribution in [3.8, 4) is 5.75 Å². The molecule has 1 saturated heterocycles. The number of para-hydroxylation sites is 1. The molecule has 0 saturated carbocycles. The molecule has 1 N–H and O–H groups in total. The number of carbonyl (C=O) groups excluding carboxylic acids is 1. The van der Waals surface area contributed by atoms with Gasteiger partial charge in [0.25, 0.3) is 0 Å². The molecule has 0 spiro atoms. The van der Waals surface area contributed by atoms with Gasteiger partial charge in [0.15, 0.2) is 5.52 Å². The lowest BCUT2D eigenvalue weighted by molar-refractivity contribution is -0.134. The van der Waals surface area contributed by atoms with Gasteiger partial charge in [-0.2, -0.15) is 15.4 Å². The highest BCUT2D eigenvalue weighted by Crippen LogP contribution is 2.33. The highest BCUT2D eigenvalue weighted by atomic mass is 32.1. The number of anilines is 1. The number of nitrogens with one attached hydrogen (secondary N) is 1. The first-order valence-electron chi connectivity index (χ1n) is 11.8. The van der Waals surface area contributed by atoms with Crippen LogP contribution in [-0.4, -0.2) is 68.0 Å². The van der Waals surface area contributed by atoms with E-state index in [1.54, 1.807) is 17.7 Å². The van der Waals surface area contributed by atoms with E-state index in [1.807, 2.05) is 23.1 Å². The van der Waals surface area contributed by atoms with E-state index in [0.717, 1.165) is 34.5 Å². The van der Waals surface area contributed by atoms with Crippen LogP contribution < -0.4 is 9.64 Å². The zero-order chi connectivity index (χ0) is 23.7. The lowest BCUT2D eigenvalue weighted by Crippen LogP contribution is -2.58. The standard InChI is InChI=1S/C24H29N7O2S/c1-4-17-11-18-23(25-14-26-24(18)34-17)31-13-15(2)30(12-16(31)3)21(32)9-6-10-33-20-8-5-7-19-22(20)28-29-27-19/h5,7-8,11,14-16H,4,6,9-10,12-13H2,1-3H3,(H,27,28,29)/t15-,16+/m0/s1. The van der Waals surface area contributed by atoms with E-state index in [9.17, 15) is 4.79 Å². The van der Waals surface area contributed by atoms with Crippen molar-refractivity contribution >= 4 is 44.3 Å². The Bertz CT molecular complexity index is 1300. The number of carbonyl (C=O) groups is 1. The molecule has 10 heteroatoms. The van der Waals surface area contributed by atoms with Crippen LogP contribution in [0.3, 0.4) is 0 Å². The van der Waals surface area contributed by atoms with Crippen molar-refractivity contribution in [3.05, 3.63) is 35.5 Å². The first-order valence-corrected chi connectivity index (χ1v) is 12.6. The van der Waals surface area contributed by atoms with Crippen LogP contribution in [0.15, 0.2) is 30.6 Å². The van der Waals surface area contributed by atoms with Gasteiger partial charge in [-0.15, -0.1) is 11.3 Å². The van der Waals surface area contributed by atoms with Crippen LogP contribution in [0.5, 0.6) is 5.75 Å². The number of piperazine rings is 1. The van der Waals surface area contributed by atoms with E-state index in [4.69, 9.17) is 4.74 Å². The summed E-state index contributed by atoms with van der Waals surface area (Å²) < 4.78 is 5.88. The molecule has 5 rings (SSSR count). The minimum Gasteiger partial charge on any atom is -0.491 e. The predicted molar refractivity (Wildman–Crippen MR) is 133 cm³/mol. The zero-order valence-electron chi connectivity index (χ0n) is 19.7. The topological polar surface area (TPSA) is 100 Å². The van der Waals surface area contributed by atoms with E-state index >= 15 is 0 Å². The molecule has 34 heavy (non-hydrogen) atoms. The zero-order valence-corrected chi connectivity index (χ0v) is 20.5. The van der Waals surface area contributed by atoms with E-state index < -0.39 is 0 Å². The van der Waals surface area contributed by atoms with Crippen LogP contribution >= 0.6 is 11.3 Å². The lowest BCUT2D eigenvalue weighted by atomic mass is 10.1. The van der Waals surface area contributed by atoms with Crippen LogP contribution in [0.25, 0.3) is 21.3 Å². The van der Waals surface area contributed by atoms with Gasteiger partial charge in [0.2, 0.25) is 5.91 Å². The third-order valence-corrected chi connectivity index (χ3v) is 7.58. The summed E-state index contributed by atoms with van der Waals surface area (Å²) in [7, 11) is 0. The Balaban J connectivity index is 1.19. The number of amides is 1. The molecule has 3 aromatic heterocycles. The van der Waals surface area contributed by atoms with Gasteiger partial charge in [0.05, 0.1) is 12.0 Å². The molecule has 9 nitrogen and oxygen atoms in total. The van der Waals surface area contributed by atoms with Gasteiger partial charge < -0.3 is 14.5 Å². The Morgan fingerprint density at radius 1 is 1.21 bits per heavy atom. The van der Waals surface area contributed by atoms with Crippen LogP contribution in [-0.2, 0) is 11.2 Å². The average molecular weight is 480 g/mol. The number of aromatic nitrogens is 5. The van der Waals surface area contributed by atoms with Crippen molar-refractivity contribution in [2.75, 3.05) is 24.6 Å². The lowest BCUT2D eigenvalue weighted by Gasteiger charge is -2.45. The fourth-order valence-electron chi connectivity index (χ4n) is 4.57. The number of fused-ring (bicyclic) bond motifs is 2. The molecule has 1 aliphatic rings. The number of aryl methyl sites for hydroxylation is 1. The van der Waals surface area contributed by atoms with Crippen LogP contribution in [0.1, 0.15) is 38.5 Å². The Morgan fingerprint density at radius 3 is 2.94 bits per heavy atom. The third kappa shape index (κ3) is 4.29. The second-order valence-electron chi connectivity index (χ2n) is 8.78. The second kappa shape index (κ2) is 9.54. The van der Waals surface area contributed by atoms with Gasteiger partial charge in [-0.25, -0.2) is 9.97 Å². The van der Waals surface area contributed by atoms with Crippen molar-refractivity contribution in [3.63, 3.8) is 0 Å². The van der Waals surface area contributed by atoms with Crippen LogP contribution in [0.4, 0.5) is 5.82 Å². The van der Waals surface area contributed by atoms with Gasteiger partial charge in [0, 0.05) is 36.5 Å². The summed E-state index contributed by atoms with van der Waals surface area (Å²) in [5.74, 6) is 1.83. The number of nitrogens with zero attached hydrogens (tertiary/aromatic N) is 6. The smallest absolute Gasteiger partial charge is 0.223 e. The SMILES string of the molecule is CCc1cc2c(N3C[C@H](C)N(C(=O)CCCOc4cccc5n[nH]nc45)C[C@H]3C)ncnc2s1. The number of rotatable bonds is 7. The molecule has 0 aliphatic carbocycles. The van der Waals surface area contributed by atoms with Crippen molar-refractivity contribution < 1.29 is 9.53 Å². The average Bonchev–Trinajstić information content (AvgIpc) is 3.50. The fraction of sp³-hybridized carbons (Fsp3) is 0.458. The third-order valence-electron chi connectivity index (χ3n) is 6.39. The monoisotopic (exact) mass is 479 g/mol. The minimum absolute atomic E-state index is 0.0998. The first-order chi connectivity index (χ1) is 16.5. The van der Waals surface area contributed by atoms with Gasteiger partial charge in [0.1, 0.15) is 28.2 Å². The Morgan fingerprint density at radius 2 is 2.09 bits per heavy atom. The van der Waals surface area contributed by atoms with Crippen LogP contribution in [0.2, 0.25) is 0 Å². The molecular weight excluding hydrogens is 450 g/mol.